The van der Waals surface area contributed by atoms with E-state index in [2.05, 4.69) is 15.9 Å². The van der Waals surface area contributed by atoms with E-state index in [-0.39, 0.29) is 18.3 Å². The number of rotatable bonds is 4. The predicted molar refractivity (Wildman–Crippen MR) is 67.1 cm³/mol. The van der Waals surface area contributed by atoms with Crippen molar-refractivity contribution >= 4 is 33.3 Å². The van der Waals surface area contributed by atoms with Gasteiger partial charge in [0.1, 0.15) is 12.4 Å². The van der Waals surface area contributed by atoms with Crippen molar-refractivity contribution in [3.63, 3.8) is 0 Å². The van der Waals surface area contributed by atoms with E-state index in [1.165, 1.54) is 0 Å². The van der Waals surface area contributed by atoms with Crippen LogP contribution in [0.25, 0.3) is 0 Å². The van der Waals surface area contributed by atoms with E-state index in [9.17, 15) is 4.79 Å². The van der Waals surface area contributed by atoms with Crippen LogP contribution < -0.4 is 4.74 Å². The molecule has 1 fully saturated rings. The van der Waals surface area contributed by atoms with E-state index in [1.54, 1.807) is 6.07 Å². The summed E-state index contributed by atoms with van der Waals surface area (Å²) in [6, 6.07) is 3.69. The molecule has 0 heterocycles. The van der Waals surface area contributed by atoms with Crippen LogP contribution in [0.4, 0.5) is 0 Å². The molecule has 0 spiro atoms. The largest absolute Gasteiger partial charge is 0.484 e. The number of carbonyl (C=O) groups excluding carboxylic acids is 1. The van der Waals surface area contributed by atoms with Crippen molar-refractivity contribution in [1.29, 1.82) is 0 Å². The number of halogens is 2. The van der Waals surface area contributed by atoms with E-state index in [0.29, 0.717) is 10.8 Å². The summed E-state index contributed by atoms with van der Waals surface area (Å²) in [5.74, 6) is 1.02. The minimum Gasteiger partial charge on any atom is -0.484 e. The van der Waals surface area contributed by atoms with Crippen LogP contribution in [-0.2, 0) is 4.79 Å². The van der Waals surface area contributed by atoms with Crippen molar-refractivity contribution in [2.24, 2.45) is 5.92 Å². The van der Waals surface area contributed by atoms with Gasteiger partial charge in [0, 0.05) is 10.4 Å². The number of hydrogen-bond acceptors (Lipinski definition) is 2. The van der Waals surface area contributed by atoms with Gasteiger partial charge >= 0.3 is 0 Å². The Bertz CT molecular complexity index is 404. The minimum absolute atomic E-state index is 0.132. The smallest absolute Gasteiger partial charge is 0.173 e. The van der Waals surface area contributed by atoms with Gasteiger partial charge in [-0.2, -0.15) is 0 Å². The summed E-state index contributed by atoms with van der Waals surface area (Å²) >= 11 is 9.40. The third-order valence-electron chi connectivity index (χ3n) is 2.59. The molecule has 0 N–H and O–H groups in total. The number of aryl methyl sites for hydroxylation is 1. The average molecular weight is 304 g/mol. The Morgan fingerprint density at radius 3 is 2.81 bits per heavy atom. The van der Waals surface area contributed by atoms with Crippen LogP contribution in [0.3, 0.4) is 0 Å². The van der Waals surface area contributed by atoms with Crippen molar-refractivity contribution in [1.82, 2.24) is 0 Å². The molecule has 2 nitrogen and oxygen atoms in total. The summed E-state index contributed by atoms with van der Waals surface area (Å²) in [5.41, 5.74) is 0.933. The van der Waals surface area contributed by atoms with Gasteiger partial charge in [-0.3, -0.25) is 4.79 Å². The second kappa shape index (κ2) is 4.76. The topological polar surface area (TPSA) is 26.3 Å². The molecule has 1 aromatic rings. The Kier molecular flexibility index (Phi) is 3.55. The zero-order chi connectivity index (χ0) is 11.7. The highest BCUT2D eigenvalue weighted by Gasteiger charge is 2.29. The third-order valence-corrected chi connectivity index (χ3v) is 3.32. The summed E-state index contributed by atoms with van der Waals surface area (Å²) in [6.07, 6.45) is 2.02. The number of ketones is 1. The van der Waals surface area contributed by atoms with Crippen LogP contribution >= 0.6 is 27.5 Å². The first kappa shape index (κ1) is 11.9. The quantitative estimate of drug-likeness (QED) is 0.846. The van der Waals surface area contributed by atoms with E-state index >= 15 is 0 Å². The Balaban J connectivity index is 2.05. The van der Waals surface area contributed by atoms with E-state index in [1.807, 2.05) is 13.0 Å². The summed E-state index contributed by atoms with van der Waals surface area (Å²) in [5, 5.41) is 0.537. The Hall–Kier alpha value is -0.540. The first-order chi connectivity index (χ1) is 7.58. The first-order valence-corrected chi connectivity index (χ1v) is 6.36. The molecule has 0 atom stereocenters. The number of hydrogen-bond donors (Lipinski definition) is 0. The van der Waals surface area contributed by atoms with Gasteiger partial charge in [0.2, 0.25) is 0 Å². The fraction of sp³-hybridized carbons (Fsp3) is 0.417. The SMILES string of the molecule is Cc1cc(Br)cc(Cl)c1OCC(=O)C1CC1. The van der Waals surface area contributed by atoms with E-state index in [0.717, 1.165) is 22.9 Å². The van der Waals surface area contributed by atoms with Gasteiger partial charge in [0.25, 0.3) is 0 Å². The van der Waals surface area contributed by atoms with Crippen molar-refractivity contribution in [3.8, 4) is 5.75 Å². The lowest BCUT2D eigenvalue weighted by Crippen LogP contribution is -2.13. The molecule has 0 amide bonds. The van der Waals surface area contributed by atoms with Crippen molar-refractivity contribution < 1.29 is 9.53 Å². The lowest BCUT2D eigenvalue weighted by Gasteiger charge is -2.10. The van der Waals surface area contributed by atoms with Gasteiger partial charge in [-0.1, -0.05) is 27.5 Å². The highest BCUT2D eigenvalue weighted by molar-refractivity contribution is 9.10. The van der Waals surface area contributed by atoms with Crippen LogP contribution in [0.5, 0.6) is 5.75 Å². The summed E-state index contributed by atoms with van der Waals surface area (Å²) in [4.78, 5) is 11.5. The molecule has 0 aliphatic heterocycles. The number of Topliss-reactive ketones (excluding diaryl/α,β-unsaturated/α-hetero) is 1. The van der Waals surface area contributed by atoms with Gasteiger partial charge in [0.05, 0.1) is 5.02 Å². The predicted octanol–water partition coefficient (Wildman–Crippen LogP) is 3.77. The molecule has 0 aromatic heterocycles. The lowest BCUT2D eigenvalue weighted by molar-refractivity contribution is -0.122. The minimum atomic E-state index is 0.132. The normalized spacial score (nSPS) is 14.9. The molecule has 0 unspecified atom stereocenters. The maximum atomic E-state index is 11.5. The first-order valence-electron chi connectivity index (χ1n) is 5.19. The van der Waals surface area contributed by atoms with Crippen LogP contribution in [0.1, 0.15) is 18.4 Å². The van der Waals surface area contributed by atoms with Crippen molar-refractivity contribution in [3.05, 3.63) is 27.2 Å². The monoisotopic (exact) mass is 302 g/mol. The molecule has 86 valence electrons. The number of carbonyl (C=O) groups is 1. The summed E-state index contributed by atoms with van der Waals surface area (Å²) in [7, 11) is 0. The van der Waals surface area contributed by atoms with Crippen LogP contribution in [0.15, 0.2) is 16.6 Å². The van der Waals surface area contributed by atoms with Gasteiger partial charge in [-0.25, -0.2) is 0 Å². The lowest BCUT2D eigenvalue weighted by atomic mass is 10.2. The molecule has 0 bridgehead atoms. The molecule has 1 aromatic carbocycles. The Morgan fingerprint density at radius 1 is 1.56 bits per heavy atom. The van der Waals surface area contributed by atoms with Crippen LogP contribution in [0.2, 0.25) is 5.02 Å². The van der Waals surface area contributed by atoms with E-state index < -0.39 is 0 Å². The second-order valence-electron chi connectivity index (χ2n) is 4.06. The molecule has 1 aliphatic carbocycles. The molecule has 16 heavy (non-hydrogen) atoms. The highest BCUT2D eigenvalue weighted by atomic mass is 79.9. The average Bonchev–Trinajstić information content (AvgIpc) is 2.98. The zero-order valence-electron chi connectivity index (χ0n) is 8.93. The van der Waals surface area contributed by atoms with Gasteiger partial charge in [-0.15, -0.1) is 0 Å². The molecule has 0 saturated heterocycles. The summed E-state index contributed by atoms with van der Waals surface area (Å²) in [6.45, 7) is 2.04. The highest BCUT2D eigenvalue weighted by Crippen LogP contribution is 2.33. The molecule has 1 saturated carbocycles. The second-order valence-corrected chi connectivity index (χ2v) is 5.39. The van der Waals surface area contributed by atoms with Gasteiger partial charge in [0.15, 0.2) is 5.78 Å². The van der Waals surface area contributed by atoms with Crippen LogP contribution in [0, 0.1) is 12.8 Å². The molecule has 2 rings (SSSR count). The number of ether oxygens (including phenoxy) is 1. The maximum Gasteiger partial charge on any atom is 0.173 e. The molecule has 0 radical (unpaired) electrons. The fourth-order valence-electron chi connectivity index (χ4n) is 1.54. The Labute approximate surface area is 108 Å². The zero-order valence-corrected chi connectivity index (χ0v) is 11.3. The molecular weight excluding hydrogens is 291 g/mol. The molecule has 4 heteroatoms. The molecular formula is C12H12BrClO2. The summed E-state index contributed by atoms with van der Waals surface area (Å²) < 4.78 is 6.40. The Morgan fingerprint density at radius 2 is 2.25 bits per heavy atom. The molecule has 1 aliphatic rings. The third kappa shape index (κ3) is 2.77. The maximum absolute atomic E-state index is 11.5. The number of benzene rings is 1. The van der Waals surface area contributed by atoms with Gasteiger partial charge < -0.3 is 4.74 Å². The van der Waals surface area contributed by atoms with E-state index in [4.69, 9.17) is 16.3 Å². The fourth-order valence-corrected chi connectivity index (χ4v) is 2.56. The standard InChI is InChI=1S/C12H12BrClO2/c1-7-4-9(13)5-10(14)12(7)16-6-11(15)8-2-3-8/h4-5,8H,2-3,6H2,1H3. The van der Waals surface area contributed by atoms with Crippen molar-refractivity contribution in [2.45, 2.75) is 19.8 Å². The van der Waals surface area contributed by atoms with Crippen LogP contribution in [-0.4, -0.2) is 12.4 Å². The van der Waals surface area contributed by atoms with Gasteiger partial charge in [-0.05, 0) is 37.5 Å². The van der Waals surface area contributed by atoms with Crippen molar-refractivity contribution in [2.75, 3.05) is 6.61 Å².